The Labute approximate surface area is 379 Å². The molecule has 0 radical (unpaired) electrons. The lowest BCUT2D eigenvalue weighted by Gasteiger charge is -2.47. The second-order valence-corrected chi connectivity index (χ2v) is 25.4. The molecule has 4 rings (SSSR count). The zero-order chi connectivity index (χ0) is 47.0. The smallest absolute Gasteiger partial charge is 0.329 e. The van der Waals surface area contributed by atoms with Gasteiger partial charge in [0, 0.05) is 45.6 Å². The summed E-state index contributed by atoms with van der Waals surface area (Å²) < 4.78 is 37.4. The first-order valence-corrected chi connectivity index (χ1v) is 26.3. The number of ketones is 2. The lowest BCUT2D eigenvalue weighted by molar-refractivity contribution is -0.302. The predicted octanol–water partition coefficient (Wildman–Crippen LogP) is 8.47. The van der Waals surface area contributed by atoms with E-state index < -0.39 is 80.0 Å². The number of amides is 1. The van der Waals surface area contributed by atoms with Gasteiger partial charge in [0.15, 0.2) is 14.1 Å². The summed E-state index contributed by atoms with van der Waals surface area (Å²) >= 11 is 0. The van der Waals surface area contributed by atoms with Crippen molar-refractivity contribution in [1.82, 2.24) is 4.90 Å². The second kappa shape index (κ2) is 22.6. The van der Waals surface area contributed by atoms with Gasteiger partial charge in [-0.3, -0.25) is 14.4 Å². The van der Waals surface area contributed by atoms with Crippen LogP contribution in [0.5, 0.6) is 0 Å². The fraction of sp³-hybridized carbons (Fsp3) is 0.760. The Bertz CT molecular complexity index is 1700. The number of nitrogens with zero attached hydrogens (tertiary/aromatic N) is 1. The number of hydrogen-bond donors (Lipinski definition) is 1. The third-order valence-electron chi connectivity index (χ3n) is 14.6. The van der Waals surface area contributed by atoms with E-state index in [-0.39, 0.29) is 54.3 Å². The number of carbonyl (C=O) groups is 4. The van der Waals surface area contributed by atoms with Gasteiger partial charge >= 0.3 is 5.97 Å². The maximum Gasteiger partial charge on any atom is 0.329 e. The van der Waals surface area contributed by atoms with Gasteiger partial charge < -0.3 is 38.1 Å². The van der Waals surface area contributed by atoms with Crippen molar-refractivity contribution in [1.29, 1.82) is 0 Å². The Morgan fingerprint density at radius 2 is 1.60 bits per heavy atom. The molecule has 3 fully saturated rings. The van der Waals surface area contributed by atoms with Crippen LogP contribution in [0.1, 0.15) is 120 Å². The monoisotopic (exact) mass is 900 g/mol. The van der Waals surface area contributed by atoms with Gasteiger partial charge in [-0.1, -0.05) is 71.4 Å². The van der Waals surface area contributed by atoms with Crippen LogP contribution in [-0.4, -0.2) is 118 Å². The lowest BCUT2D eigenvalue weighted by atomic mass is 9.82. The number of methoxy groups -OCH3 is 3. The zero-order valence-electron chi connectivity index (χ0n) is 40.8. The van der Waals surface area contributed by atoms with E-state index in [1.807, 2.05) is 26.8 Å². The Morgan fingerprint density at radius 1 is 0.952 bits per heavy atom. The van der Waals surface area contributed by atoms with Crippen molar-refractivity contribution in [2.45, 2.75) is 186 Å². The van der Waals surface area contributed by atoms with E-state index in [1.165, 1.54) is 4.90 Å². The molecule has 3 heterocycles. The molecule has 1 amide bonds. The number of ether oxygens (including phenoxy) is 5. The SMILES string of the molecule is C=CCC1/C=C(\C)CC(C)CC(OC)C2OC(O)(C(=O)C(=O)N3CCCCC3C(=O)OC(C(C)=CC3CCC(O[Si](C)(C)C(C)(C)C)C(OC)C3)C(C)/C=C/C1=O)C(C)CC2OC. The first-order chi connectivity index (χ1) is 29.5. The standard InChI is InChI=1S/C50H81NO11Si/c1-15-18-37-26-31(2)25-32(3)27-42(58-11)45-43(59-12)29-35(6)50(56,61-45)46(53)47(54)51-24-17-16-19-38(51)48(55)60-44(33(4)20-22-39(37)52)34(5)28-36-21-23-40(41(30-36)57-10)62-63(13,14)49(7,8)9/h15,20,22,26,28,32-33,35-38,40-45,56H,1,16-19,21,23-25,27,29-30H2,2-14H3/b22-20+,31-26+,34-28?. The summed E-state index contributed by atoms with van der Waals surface area (Å²) in [4.78, 5) is 58.4. The number of fused-ring (bicyclic) bond motifs is 3. The molecule has 4 aliphatic rings. The highest BCUT2D eigenvalue weighted by Gasteiger charge is 2.56. The number of aliphatic hydroxyl groups is 1. The van der Waals surface area contributed by atoms with E-state index in [1.54, 1.807) is 46.5 Å². The van der Waals surface area contributed by atoms with Gasteiger partial charge in [-0.15, -0.1) is 6.58 Å². The largest absolute Gasteiger partial charge is 0.456 e. The van der Waals surface area contributed by atoms with Crippen LogP contribution in [0.3, 0.4) is 0 Å². The topological polar surface area (TPSA) is 147 Å². The van der Waals surface area contributed by atoms with Crippen molar-refractivity contribution in [3.05, 3.63) is 48.1 Å². The summed E-state index contributed by atoms with van der Waals surface area (Å²) in [6, 6.07) is -1.07. The molecule has 12 nitrogen and oxygen atoms in total. The van der Waals surface area contributed by atoms with Crippen molar-refractivity contribution < 1.29 is 52.4 Å². The number of Topliss-reactive ketones (excluding diaryl/α,β-unsaturated/α-hetero) is 1. The minimum absolute atomic E-state index is 0.0172. The lowest BCUT2D eigenvalue weighted by Crippen LogP contribution is -2.64. The number of hydrogen-bond acceptors (Lipinski definition) is 11. The molecule has 13 unspecified atom stereocenters. The fourth-order valence-electron chi connectivity index (χ4n) is 9.80. The summed E-state index contributed by atoms with van der Waals surface area (Å²) in [5.74, 6) is -6.85. The number of cyclic esters (lactones) is 1. The Balaban J connectivity index is 1.75. The van der Waals surface area contributed by atoms with Crippen molar-refractivity contribution in [2.24, 2.45) is 29.6 Å². The number of piperidine rings is 1. The normalized spacial score (nSPS) is 37.8. The van der Waals surface area contributed by atoms with Gasteiger partial charge in [0.25, 0.3) is 11.7 Å². The van der Waals surface area contributed by atoms with E-state index in [9.17, 15) is 24.3 Å². The summed E-state index contributed by atoms with van der Waals surface area (Å²) in [5.41, 5.74) is 1.84. The van der Waals surface area contributed by atoms with Crippen LogP contribution >= 0.6 is 0 Å². The molecule has 1 N–H and O–H groups in total. The van der Waals surface area contributed by atoms with Crippen LogP contribution in [0.15, 0.2) is 48.1 Å². The quantitative estimate of drug-likeness (QED) is 0.103. The van der Waals surface area contributed by atoms with Gasteiger partial charge in [-0.2, -0.15) is 0 Å². The molecule has 1 saturated carbocycles. The number of esters is 1. The highest BCUT2D eigenvalue weighted by atomic mass is 28.4. The molecule has 3 aliphatic heterocycles. The first-order valence-electron chi connectivity index (χ1n) is 23.4. The second-order valence-electron chi connectivity index (χ2n) is 20.6. The van der Waals surface area contributed by atoms with Crippen molar-refractivity contribution >= 4 is 31.8 Å². The average molecular weight is 900 g/mol. The van der Waals surface area contributed by atoms with E-state index in [0.29, 0.717) is 32.1 Å². The van der Waals surface area contributed by atoms with Crippen molar-refractivity contribution in [3.63, 3.8) is 0 Å². The molecular formula is C50H81NO11Si. The van der Waals surface area contributed by atoms with E-state index in [0.717, 1.165) is 30.4 Å². The van der Waals surface area contributed by atoms with E-state index in [2.05, 4.69) is 53.4 Å². The minimum atomic E-state index is -2.48. The van der Waals surface area contributed by atoms with Crippen molar-refractivity contribution in [3.8, 4) is 0 Å². The Kier molecular flexibility index (Phi) is 19.0. The van der Waals surface area contributed by atoms with E-state index >= 15 is 0 Å². The third kappa shape index (κ3) is 13.0. The number of rotatable bonds is 9. The maximum atomic E-state index is 14.5. The van der Waals surface area contributed by atoms with Crippen LogP contribution in [0.4, 0.5) is 0 Å². The van der Waals surface area contributed by atoms with Crippen molar-refractivity contribution in [2.75, 3.05) is 27.9 Å². The van der Waals surface area contributed by atoms with Gasteiger partial charge in [-0.25, -0.2) is 4.79 Å². The first kappa shape index (κ1) is 52.8. The van der Waals surface area contributed by atoms with Gasteiger partial charge in [-0.05, 0) is 120 Å². The summed E-state index contributed by atoms with van der Waals surface area (Å²) in [6.45, 7) is 24.9. The highest BCUT2D eigenvalue weighted by molar-refractivity contribution is 6.74. The molecule has 63 heavy (non-hydrogen) atoms. The molecule has 13 atom stereocenters. The Morgan fingerprint density at radius 3 is 2.22 bits per heavy atom. The van der Waals surface area contributed by atoms with Gasteiger partial charge in [0.1, 0.15) is 18.2 Å². The van der Waals surface area contributed by atoms with Crippen LogP contribution in [-0.2, 0) is 47.3 Å². The molecular weight excluding hydrogens is 819 g/mol. The number of carbonyl (C=O) groups excluding carboxylic acids is 4. The van der Waals surface area contributed by atoms with Crippen LogP contribution in [0.25, 0.3) is 0 Å². The molecule has 0 aromatic rings. The number of allylic oxidation sites excluding steroid dienone is 5. The molecule has 356 valence electrons. The molecule has 0 aromatic carbocycles. The molecule has 1 aliphatic carbocycles. The maximum absolute atomic E-state index is 14.5. The fourth-order valence-corrected chi connectivity index (χ4v) is 11.2. The predicted molar refractivity (Wildman–Crippen MR) is 247 cm³/mol. The summed E-state index contributed by atoms with van der Waals surface area (Å²) in [6.07, 6.45) is 12.1. The average Bonchev–Trinajstić information content (AvgIpc) is 3.23. The molecule has 13 heteroatoms. The van der Waals surface area contributed by atoms with Gasteiger partial charge in [0.05, 0.1) is 24.4 Å². The van der Waals surface area contributed by atoms with Crippen LogP contribution < -0.4 is 0 Å². The third-order valence-corrected chi connectivity index (χ3v) is 19.1. The summed E-state index contributed by atoms with van der Waals surface area (Å²) in [7, 11) is 2.79. The Hall–Kier alpha value is -2.78. The van der Waals surface area contributed by atoms with Crippen LogP contribution in [0, 0.1) is 29.6 Å². The molecule has 2 saturated heterocycles. The van der Waals surface area contributed by atoms with Gasteiger partial charge in [0.2, 0.25) is 5.79 Å². The summed E-state index contributed by atoms with van der Waals surface area (Å²) in [5, 5.41) is 12.2. The molecule has 2 bridgehead atoms. The molecule has 0 spiro atoms. The highest BCUT2D eigenvalue weighted by Crippen LogP contribution is 2.42. The van der Waals surface area contributed by atoms with E-state index in [4.69, 9.17) is 28.1 Å². The molecule has 0 aromatic heterocycles. The van der Waals surface area contributed by atoms with Crippen LogP contribution in [0.2, 0.25) is 18.1 Å². The zero-order valence-corrected chi connectivity index (χ0v) is 41.8. The minimum Gasteiger partial charge on any atom is -0.456 e.